The van der Waals surface area contributed by atoms with E-state index in [1.54, 1.807) is 7.11 Å². The first-order valence-electron chi connectivity index (χ1n) is 10.6. The fraction of sp³-hybridized carbons (Fsp3) is 0.522. The molecule has 2 heterocycles. The van der Waals surface area contributed by atoms with Gasteiger partial charge in [-0.05, 0) is 58.9 Å². The first kappa shape index (κ1) is 22.0. The van der Waals surface area contributed by atoms with Gasteiger partial charge in [0.05, 0.1) is 12.6 Å². The van der Waals surface area contributed by atoms with Crippen molar-refractivity contribution in [2.45, 2.75) is 45.8 Å². The Balaban J connectivity index is 1.83. The number of hydrogen-bond donors (Lipinski definition) is 0. The predicted octanol–water partition coefficient (Wildman–Crippen LogP) is 3.13. The summed E-state index contributed by atoms with van der Waals surface area (Å²) in [7, 11) is 3.66. The van der Waals surface area contributed by atoms with Crippen LogP contribution in [0.2, 0.25) is 0 Å². The number of aromatic nitrogens is 2. The normalized spacial score (nSPS) is 18.7. The lowest BCUT2D eigenvalue weighted by Crippen LogP contribution is -2.41. The topological polar surface area (TPSA) is 61.8 Å². The molecule has 1 amide bonds. The van der Waals surface area contributed by atoms with E-state index in [1.165, 1.54) is 5.56 Å². The number of carbonyl (C=O) groups is 1. The van der Waals surface area contributed by atoms with Gasteiger partial charge in [0.1, 0.15) is 11.9 Å². The van der Waals surface area contributed by atoms with Crippen LogP contribution in [-0.2, 0) is 11.2 Å². The minimum Gasteiger partial charge on any atom is -0.497 e. The minimum atomic E-state index is -0.581. The molecule has 30 heavy (non-hydrogen) atoms. The largest absolute Gasteiger partial charge is 0.497 e. The Hall–Kier alpha value is -2.67. The Bertz CT molecular complexity index is 847. The molecule has 1 aliphatic heterocycles. The molecule has 1 unspecified atom stereocenters. The molecule has 1 aromatic carbocycles. The Kier molecular flexibility index (Phi) is 6.61. The van der Waals surface area contributed by atoms with Crippen LogP contribution in [0.25, 0.3) is 0 Å². The standard InChI is InChI=1S/C23H33N5O2/c1-7-27(8-2)22-24-15-18(16-25-22)20-26(5)23(3,4)21(29)28(20)14-13-17-9-11-19(30-6)12-10-17/h9-12,15-16,20H,7-8,13-14H2,1-6H3. The maximum atomic E-state index is 13.2. The second-order valence-electron chi connectivity index (χ2n) is 8.13. The molecule has 1 aliphatic rings. The summed E-state index contributed by atoms with van der Waals surface area (Å²) in [5.41, 5.74) is 1.52. The summed E-state index contributed by atoms with van der Waals surface area (Å²) in [4.78, 5) is 28.6. The van der Waals surface area contributed by atoms with Crippen molar-refractivity contribution in [2.75, 3.05) is 38.7 Å². The third kappa shape index (κ3) is 4.12. The fourth-order valence-corrected chi connectivity index (χ4v) is 3.93. The van der Waals surface area contributed by atoms with Gasteiger partial charge >= 0.3 is 0 Å². The summed E-state index contributed by atoms with van der Waals surface area (Å²) in [6.45, 7) is 10.5. The molecule has 0 radical (unpaired) electrons. The Morgan fingerprint density at radius 2 is 1.70 bits per heavy atom. The van der Waals surface area contributed by atoms with Crippen LogP contribution in [0.1, 0.15) is 45.0 Å². The lowest BCUT2D eigenvalue weighted by molar-refractivity contribution is -0.132. The van der Waals surface area contributed by atoms with Crippen LogP contribution < -0.4 is 9.64 Å². The molecule has 162 valence electrons. The van der Waals surface area contributed by atoms with E-state index in [9.17, 15) is 4.79 Å². The van der Waals surface area contributed by atoms with Crippen LogP contribution in [0.4, 0.5) is 5.95 Å². The van der Waals surface area contributed by atoms with Crippen LogP contribution in [0.5, 0.6) is 5.75 Å². The molecule has 1 fully saturated rings. The quantitative estimate of drug-likeness (QED) is 0.665. The highest BCUT2D eigenvalue weighted by atomic mass is 16.5. The minimum absolute atomic E-state index is 0.122. The first-order valence-corrected chi connectivity index (χ1v) is 10.6. The number of methoxy groups -OCH3 is 1. The molecule has 0 aliphatic carbocycles. The van der Waals surface area contributed by atoms with Gasteiger partial charge in [-0.3, -0.25) is 9.69 Å². The van der Waals surface area contributed by atoms with E-state index in [0.717, 1.165) is 36.8 Å². The summed E-state index contributed by atoms with van der Waals surface area (Å²) in [5, 5.41) is 0. The Morgan fingerprint density at radius 1 is 1.10 bits per heavy atom. The number of likely N-dealkylation sites (N-methyl/N-ethyl adjacent to an activating group) is 1. The number of hydrogen-bond acceptors (Lipinski definition) is 6. The van der Waals surface area contributed by atoms with E-state index >= 15 is 0 Å². The number of carbonyl (C=O) groups excluding carboxylic acids is 1. The monoisotopic (exact) mass is 411 g/mol. The smallest absolute Gasteiger partial charge is 0.244 e. The highest BCUT2D eigenvalue weighted by molar-refractivity contribution is 5.88. The first-order chi connectivity index (χ1) is 14.3. The average Bonchev–Trinajstić information content (AvgIpc) is 2.93. The zero-order valence-corrected chi connectivity index (χ0v) is 18.9. The van der Waals surface area contributed by atoms with Gasteiger partial charge in [0.15, 0.2) is 0 Å². The second-order valence-corrected chi connectivity index (χ2v) is 8.13. The molecule has 1 saturated heterocycles. The van der Waals surface area contributed by atoms with Gasteiger partial charge in [-0.25, -0.2) is 9.97 Å². The summed E-state index contributed by atoms with van der Waals surface area (Å²) >= 11 is 0. The van der Waals surface area contributed by atoms with Gasteiger partial charge < -0.3 is 14.5 Å². The molecular formula is C23H33N5O2. The molecule has 7 heteroatoms. The van der Waals surface area contributed by atoms with Crippen molar-refractivity contribution in [1.82, 2.24) is 19.8 Å². The van der Waals surface area contributed by atoms with Crippen LogP contribution in [0.15, 0.2) is 36.7 Å². The number of benzene rings is 1. The van der Waals surface area contributed by atoms with Crippen molar-refractivity contribution < 1.29 is 9.53 Å². The highest BCUT2D eigenvalue weighted by Crippen LogP contribution is 2.38. The van der Waals surface area contributed by atoms with E-state index in [4.69, 9.17) is 4.74 Å². The van der Waals surface area contributed by atoms with Crippen LogP contribution in [0.3, 0.4) is 0 Å². The molecule has 7 nitrogen and oxygen atoms in total. The van der Waals surface area contributed by atoms with E-state index in [1.807, 2.05) is 62.5 Å². The molecule has 0 bridgehead atoms. The van der Waals surface area contributed by atoms with Crippen LogP contribution >= 0.6 is 0 Å². The van der Waals surface area contributed by atoms with Crippen molar-refractivity contribution in [2.24, 2.45) is 0 Å². The Morgan fingerprint density at radius 3 is 2.23 bits per heavy atom. The lowest BCUT2D eigenvalue weighted by atomic mass is 10.0. The number of nitrogens with zero attached hydrogens (tertiary/aromatic N) is 5. The summed E-state index contributed by atoms with van der Waals surface area (Å²) in [5.74, 6) is 1.68. The number of anilines is 1. The molecule has 1 aromatic heterocycles. The SMILES string of the molecule is CCN(CC)c1ncc(C2N(CCc3ccc(OC)cc3)C(=O)C(C)(C)N2C)cn1. The zero-order chi connectivity index (χ0) is 21.9. The zero-order valence-electron chi connectivity index (χ0n) is 18.9. The van der Waals surface area contributed by atoms with Crippen molar-refractivity contribution in [3.05, 3.63) is 47.8 Å². The number of amides is 1. The molecule has 1 atom stereocenters. The molecule has 2 aromatic rings. The second kappa shape index (κ2) is 9.00. The van der Waals surface area contributed by atoms with Gasteiger partial charge in [0, 0.05) is 37.6 Å². The third-order valence-electron chi connectivity index (χ3n) is 6.13. The maximum Gasteiger partial charge on any atom is 0.244 e. The van der Waals surface area contributed by atoms with Gasteiger partial charge in [-0.2, -0.15) is 0 Å². The van der Waals surface area contributed by atoms with Gasteiger partial charge in [0.25, 0.3) is 0 Å². The van der Waals surface area contributed by atoms with Gasteiger partial charge in [-0.15, -0.1) is 0 Å². The molecule has 0 saturated carbocycles. The average molecular weight is 412 g/mol. The summed E-state index contributed by atoms with van der Waals surface area (Å²) in [6.07, 6.45) is 4.30. The molecule has 0 N–H and O–H groups in total. The van der Waals surface area contributed by atoms with E-state index in [0.29, 0.717) is 6.54 Å². The van der Waals surface area contributed by atoms with Gasteiger partial charge in [-0.1, -0.05) is 12.1 Å². The summed E-state index contributed by atoms with van der Waals surface area (Å²) < 4.78 is 5.23. The summed E-state index contributed by atoms with van der Waals surface area (Å²) in [6, 6.07) is 8.00. The van der Waals surface area contributed by atoms with E-state index in [2.05, 4.69) is 33.6 Å². The number of ether oxygens (including phenoxy) is 1. The molecule has 0 spiro atoms. The fourth-order valence-electron chi connectivity index (χ4n) is 3.93. The van der Waals surface area contributed by atoms with E-state index in [-0.39, 0.29) is 12.1 Å². The number of rotatable bonds is 8. The predicted molar refractivity (Wildman–Crippen MR) is 119 cm³/mol. The molecular weight excluding hydrogens is 378 g/mol. The van der Waals surface area contributed by atoms with Crippen molar-refractivity contribution in [1.29, 1.82) is 0 Å². The molecule has 3 rings (SSSR count). The highest BCUT2D eigenvalue weighted by Gasteiger charge is 2.50. The van der Waals surface area contributed by atoms with Crippen LogP contribution in [0, 0.1) is 0 Å². The maximum absolute atomic E-state index is 13.2. The Labute approximate surface area is 179 Å². The van der Waals surface area contributed by atoms with Gasteiger partial charge in [0.2, 0.25) is 11.9 Å². The van der Waals surface area contributed by atoms with Crippen molar-refractivity contribution in [3.63, 3.8) is 0 Å². The van der Waals surface area contributed by atoms with Crippen molar-refractivity contribution >= 4 is 11.9 Å². The van der Waals surface area contributed by atoms with Crippen LogP contribution in [-0.4, -0.2) is 65.0 Å². The van der Waals surface area contributed by atoms with E-state index < -0.39 is 5.54 Å². The van der Waals surface area contributed by atoms with Crippen molar-refractivity contribution in [3.8, 4) is 5.75 Å². The lowest BCUT2D eigenvalue weighted by Gasteiger charge is -2.30. The third-order valence-corrected chi connectivity index (χ3v) is 6.13.